The van der Waals surface area contributed by atoms with Gasteiger partial charge < -0.3 is 9.80 Å². The van der Waals surface area contributed by atoms with Crippen molar-refractivity contribution in [2.24, 2.45) is 0 Å². The van der Waals surface area contributed by atoms with Crippen molar-refractivity contribution in [3.05, 3.63) is 59.7 Å². The zero-order valence-corrected chi connectivity index (χ0v) is 20.8. The summed E-state index contributed by atoms with van der Waals surface area (Å²) in [4.78, 5) is 31.7. The van der Waals surface area contributed by atoms with Gasteiger partial charge in [0.15, 0.2) is 0 Å². The molecule has 2 fully saturated rings. The predicted molar refractivity (Wildman–Crippen MR) is 134 cm³/mol. The molecule has 0 saturated carbocycles. The van der Waals surface area contributed by atoms with Gasteiger partial charge in [0.25, 0.3) is 15.9 Å². The predicted octanol–water partition coefficient (Wildman–Crippen LogP) is 2.21. The normalized spacial score (nSPS) is 19.0. The Hall–Kier alpha value is -2.91. The molecule has 2 amide bonds. The number of hydrogen-bond donors (Lipinski definition) is 0. The van der Waals surface area contributed by atoms with E-state index in [4.69, 9.17) is 0 Å². The lowest BCUT2D eigenvalue weighted by Gasteiger charge is -2.36. The highest BCUT2D eigenvalue weighted by Gasteiger charge is 2.32. The molecule has 0 aromatic heterocycles. The van der Waals surface area contributed by atoms with Crippen LogP contribution in [0.15, 0.2) is 53.4 Å². The van der Waals surface area contributed by atoms with Gasteiger partial charge in [-0.3, -0.25) is 18.8 Å². The van der Waals surface area contributed by atoms with Crippen molar-refractivity contribution in [3.8, 4) is 0 Å². The minimum Gasteiger partial charge on any atom is -0.342 e. The van der Waals surface area contributed by atoms with Crippen molar-refractivity contribution in [3.63, 3.8) is 0 Å². The van der Waals surface area contributed by atoms with E-state index in [9.17, 15) is 18.0 Å². The standard InChI is InChI=1S/C26H32N4O4S/c31-25(28-12-4-1-5-13-28)20-27-15-17-29(18-16-27)26(32)22-8-6-9-23(19-22)35(33,34)30-14-11-21-7-2-3-10-24(21)30/h2-3,6-10,19H,1,4-5,11-18,20H2. The lowest BCUT2D eigenvalue weighted by molar-refractivity contribution is -0.133. The molecular formula is C26H32N4O4S. The number of carbonyl (C=O) groups excluding carboxylic acids is 2. The van der Waals surface area contributed by atoms with Gasteiger partial charge in [0.2, 0.25) is 5.91 Å². The third-order valence-corrected chi connectivity index (χ3v) is 9.05. The fourth-order valence-electron chi connectivity index (χ4n) is 5.20. The number of likely N-dealkylation sites (tertiary alicyclic amines) is 1. The number of nitrogens with zero attached hydrogens (tertiary/aromatic N) is 4. The van der Waals surface area contributed by atoms with Crippen LogP contribution in [0.4, 0.5) is 5.69 Å². The Bertz CT molecular complexity index is 1200. The number of carbonyl (C=O) groups is 2. The van der Waals surface area contributed by atoms with E-state index in [2.05, 4.69) is 4.90 Å². The molecule has 9 heteroatoms. The first-order chi connectivity index (χ1) is 16.9. The molecule has 2 aromatic carbocycles. The van der Waals surface area contributed by atoms with Crippen molar-refractivity contribution in [2.75, 3.05) is 56.7 Å². The minimum atomic E-state index is -3.76. The molecule has 0 N–H and O–H groups in total. The monoisotopic (exact) mass is 496 g/mol. The average molecular weight is 497 g/mol. The second kappa shape index (κ2) is 9.99. The van der Waals surface area contributed by atoms with Crippen LogP contribution in [-0.2, 0) is 21.2 Å². The smallest absolute Gasteiger partial charge is 0.264 e. The highest BCUT2D eigenvalue weighted by Crippen LogP contribution is 2.32. The van der Waals surface area contributed by atoms with Gasteiger partial charge in [0.05, 0.1) is 17.1 Å². The molecule has 0 aliphatic carbocycles. The quantitative estimate of drug-likeness (QED) is 0.634. The van der Waals surface area contributed by atoms with Gasteiger partial charge in [-0.15, -0.1) is 0 Å². The summed E-state index contributed by atoms with van der Waals surface area (Å²) in [7, 11) is -3.76. The highest BCUT2D eigenvalue weighted by molar-refractivity contribution is 7.92. The van der Waals surface area contributed by atoms with Crippen LogP contribution < -0.4 is 4.31 Å². The van der Waals surface area contributed by atoms with Gasteiger partial charge in [0, 0.05) is 51.4 Å². The number of piperazine rings is 1. The van der Waals surface area contributed by atoms with Crippen molar-refractivity contribution >= 4 is 27.5 Å². The number of para-hydroxylation sites is 1. The number of benzene rings is 2. The van der Waals surface area contributed by atoms with Crippen molar-refractivity contribution in [1.29, 1.82) is 0 Å². The van der Waals surface area contributed by atoms with E-state index in [1.165, 1.54) is 16.8 Å². The Labute approximate surface area is 207 Å². The molecule has 0 unspecified atom stereocenters. The van der Waals surface area contributed by atoms with E-state index < -0.39 is 10.0 Å². The number of sulfonamides is 1. The second-order valence-corrected chi connectivity index (χ2v) is 11.4. The summed E-state index contributed by atoms with van der Waals surface area (Å²) in [5.74, 6) is -0.00301. The topological polar surface area (TPSA) is 81.2 Å². The van der Waals surface area contributed by atoms with Crippen molar-refractivity contribution in [1.82, 2.24) is 14.7 Å². The molecule has 3 aliphatic heterocycles. The van der Waals surface area contributed by atoms with Gasteiger partial charge in [-0.25, -0.2) is 8.42 Å². The maximum atomic E-state index is 13.4. The van der Waals surface area contributed by atoms with E-state index in [0.29, 0.717) is 56.9 Å². The molecule has 5 rings (SSSR count). The molecular weight excluding hydrogens is 464 g/mol. The maximum absolute atomic E-state index is 13.4. The zero-order chi connectivity index (χ0) is 24.4. The summed E-state index contributed by atoms with van der Waals surface area (Å²) in [6.07, 6.45) is 4.02. The van der Waals surface area contributed by atoms with Gasteiger partial charge in [0.1, 0.15) is 0 Å². The molecule has 2 aromatic rings. The average Bonchev–Trinajstić information content (AvgIpc) is 3.34. The number of anilines is 1. The highest BCUT2D eigenvalue weighted by atomic mass is 32.2. The minimum absolute atomic E-state index is 0.130. The molecule has 3 heterocycles. The third-order valence-electron chi connectivity index (χ3n) is 7.24. The van der Waals surface area contributed by atoms with Crippen LogP contribution in [0.25, 0.3) is 0 Å². The summed E-state index contributed by atoms with van der Waals surface area (Å²) in [6.45, 7) is 4.79. The van der Waals surface area contributed by atoms with Crippen LogP contribution in [0, 0.1) is 0 Å². The molecule has 0 atom stereocenters. The molecule has 186 valence electrons. The summed E-state index contributed by atoms with van der Waals surface area (Å²) in [6, 6.07) is 13.9. The van der Waals surface area contributed by atoms with Gasteiger partial charge >= 0.3 is 0 Å². The SMILES string of the molecule is O=C(CN1CCN(C(=O)c2cccc(S(=O)(=O)N3CCc4ccccc43)c2)CC1)N1CCCCC1. The second-order valence-electron chi connectivity index (χ2n) is 9.49. The van der Waals surface area contributed by atoms with Crippen LogP contribution in [0.2, 0.25) is 0 Å². The van der Waals surface area contributed by atoms with Gasteiger partial charge in [-0.1, -0.05) is 24.3 Å². The van der Waals surface area contributed by atoms with Crippen LogP contribution in [-0.4, -0.2) is 87.3 Å². The van der Waals surface area contributed by atoms with Crippen molar-refractivity contribution in [2.45, 2.75) is 30.6 Å². The van der Waals surface area contributed by atoms with Crippen molar-refractivity contribution < 1.29 is 18.0 Å². The molecule has 8 nitrogen and oxygen atoms in total. The lowest BCUT2D eigenvalue weighted by Crippen LogP contribution is -2.52. The molecule has 35 heavy (non-hydrogen) atoms. The van der Waals surface area contributed by atoms with E-state index in [0.717, 1.165) is 31.5 Å². The summed E-state index contributed by atoms with van der Waals surface area (Å²) < 4.78 is 28.2. The van der Waals surface area contributed by atoms with Crippen LogP contribution in [0.1, 0.15) is 35.2 Å². The summed E-state index contributed by atoms with van der Waals surface area (Å²) in [5, 5.41) is 0. The Morgan fingerprint density at radius 3 is 2.29 bits per heavy atom. The van der Waals surface area contributed by atoms with E-state index >= 15 is 0 Å². The molecule has 2 saturated heterocycles. The molecule has 0 bridgehead atoms. The fraction of sp³-hybridized carbons (Fsp3) is 0.462. The molecule has 0 radical (unpaired) electrons. The van der Waals surface area contributed by atoms with E-state index in [1.54, 1.807) is 23.1 Å². The first-order valence-corrected chi connectivity index (χ1v) is 13.9. The third kappa shape index (κ3) is 4.92. The van der Waals surface area contributed by atoms with Gasteiger partial charge in [-0.2, -0.15) is 0 Å². The Kier molecular flexibility index (Phi) is 6.80. The van der Waals surface area contributed by atoms with Crippen LogP contribution in [0.3, 0.4) is 0 Å². The lowest BCUT2D eigenvalue weighted by atomic mass is 10.1. The van der Waals surface area contributed by atoms with Gasteiger partial charge in [-0.05, 0) is 55.5 Å². The van der Waals surface area contributed by atoms with E-state index in [-0.39, 0.29) is 16.7 Å². The largest absolute Gasteiger partial charge is 0.342 e. The summed E-state index contributed by atoms with van der Waals surface area (Å²) >= 11 is 0. The number of piperidine rings is 1. The van der Waals surface area contributed by atoms with Crippen LogP contribution >= 0.6 is 0 Å². The maximum Gasteiger partial charge on any atom is 0.264 e. The number of amides is 2. The molecule has 0 spiro atoms. The number of fused-ring (bicyclic) bond motifs is 1. The number of hydrogen-bond acceptors (Lipinski definition) is 5. The Balaban J connectivity index is 1.22. The zero-order valence-electron chi connectivity index (χ0n) is 19.9. The Morgan fingerprint density at radius 2 is 1.51 bits per heavy atom. The number of rotatable bonds is 5. The first-order valence-electron chi connectivity index (χ1n) is 12.4. The van der Waals surface area contributed by atoms with Crippen LogP contribution in [0.5, 0.6) is 0 Å². The Morgan fingerprint density at radius 1 is 0.771 bits per heavy atom. The fourth-order valence-corrected chi connectivity index (χ4v) is 6.75. The molecule has 3 aliphatic rings. The summed E-state index contributed by atoms with van der Waals surface area (Å²) in [5.41, 5.74) is 2.09. The first kappa shape index (κ1) is 23.8. The van der Waals surface area contributed by atoms with E-state index in [1.807, 2.05) is 29.2 Å².